The molecule has 10 aromatic carbocycles. The molecule has 1 aliphatic rings. The highest BCUT2D eigenvalue weighted by molar-refractivity contribution is 6.10. The maximum absolute atomic E-state index is 12.3. The van der Waals surface area contributed by atoms with E-state index in [2.05, 4.69) is 195 Å². The Balaban J connectivity index is 0.000000154. The number of aromatic hydroxyl groups is 4. The number of aldehydes is 1. The lowest BCUT2D eigenvalue weighted by Gasteiger charge is -2.22. The standard InChI is InChI=1S/C53H44N4O2.C40H38N4O2.C13H10O.C3H6O2/c1-52(2,3)35-26-37-41-22-24-45(54-41)47(32-14-12-31(13-15-32)30-10-8-7-9-11-30)46-25-23-42(55-46)38-27-36(53(4,5)6)29-40(51(38)59)44-21-19-34-17-16-33-18-20-43(39(28-35)50(37)58)56-48(33)49(34)57-44;1-39(2,3)25-19-27(31-9-7-17-41-31)37(45)29(21-25)33-15-13-23-11-12-24-14-16-34(44-36(24)35(23)43-33)30-22-26(40(4,5)6)20-28(38(30)46)32-10-8-18-42-32;14-10-11-6-8-13(9-7-11)12-4-2-1-3-5-12;1-2-3(4)5/h7-29,54,58-59H,1-6H3;7-22,41-42,45-46H,1-6H3;1-10H;2H2,1H3,(H,4,5). The molecule has 8 aromatic heterocycles. The molecular formula is C109H98N8O7. The summed E-state index contributed by atoms with van der Waals surface area (Å²) in [5.41, 5.74) is 23.7. The van der Waals surface area contributed by atoms with Crippen molar-refractivity contribution in [2.45, 2.75) is 118 Å². The molecule has 1 aliphatic heterocycles. The van der Waals surface area contributed by atoms with Crippen LogP contribution in [0.25, 0.3) is 178 Å². The van der Waals surface area contributed by atoms with Crippen molar-refractivity contribution in [3.05, 3.63) is 319 Å². The Morgan fingerprint density at radius 2 is 0.702 bits per heavy atom. The predicted molar refractivity (Wildman–Crippen MR) is 510 cm³/mol. The highest BCUT2D eigenvalue weighted by Crippen LogP contribution is 2.47. The number of nitrogens with zero attached hydrogens (tertiary/aromatic N) is 5. The second kappa shape index (κ2) is 33.3. The number of phenols is 4. The Hall–Kier alpha value is -14.8. The number of H-pyrrole nitrogens is 3. The Kier molecular flexibility index (Phi) is 22.2. The molecular weight excluding hydrogens is 1530 g/mol. The summed E-state index contributed by atoms with van der Waals surface area (Å²) < 4.78 is 0. The smallest absolute Gasteiger partial charge is 0.303 e. The van der Waals surface area contributed by atoms with Crippen molar-refractivity contribution < 1.29 is 35.1 Å². The molecule has 0 amide bonds. The van der Waals surface area contributed by atoms with Crippen molar-refractivity contribution in [1.29, 1.82) is 0 Å². The topological polar surface area (TPSA) is 247 Å². The molecule has 15 heteroatoms. The fourth-order valence-electron chi connectivity index (χ4n) is 15.6. The van der Waals surface area contributed by atoms with Crippen LogP contribution in [0.5, 0.6) is 23.0 Å². The van der Waals surface area contributed by atoms with E-state index in [-0.39, 0.29) is 51.1 Å². The first kappa shape index (κ1) is 82.8. The number of carboxylic acids is 1. The fraction of sp³-hybridized carbons (Fsp3) is 0.165. The summed E-state index contributed by atoms with van der Waals surface area (Å²) >= 11 is 0. The lowest BCUT2D eigenvalue weighted by Crippen LogP contribution is -2.11. The number of aromatic amines is 3. The normalized spacial score (nSPS) is 12.0. The quantitative estimate of drug-likeness (QED) is 0.0497. The molecule has 0 radical (unpaired) electrons. The summed E-state index contributed by atoms with van der Waals surface area (Å²) in [6.07, 6.45) is 8.81. The number of aliphatic carboxylic acids is 1. The molecule has 0 fully saturated rings. The average molecular weight is 1630 g/mol. The second-order valence-electron chi connectivity index (χ2n) is 35.7. The van der Waals surface area contributed by atoms with E-state index in [1.165, 1.54) is 5.56 Å². The van der Waals surface area contributed by atoms with Gasteiger partial charge >= 0.3 is 5.97 Å². The van der Waals surface area contributed by atoms with E-state index in [0.29, 0.717) is 71.9 Å². The summed E-state index contributed by atoms with van der Waals surface area (Å²) in [6.45, 7) is 27.7. The van der Waals surface area contributed by atoms with Gasteiger partial charge in [-0.1, -0.05) is 248 Å². The van der Waals surface area contributed by atoms with Gasteiger partial charge in [-0.2, -0.15) is 0 Å². The Labute approximate surface area is 720 Å². The molecule has 15 nitrogen and oxygen atoms in total. The Bertz CT molecular complexity index is 7150. The zero-order chi connectivity index (χ0) is 87.3. The number of rotatable bonds is 9. The van der Waals surface area contributed by atoms with E-state index in [4.69, 9.17) is 30.0 Å². The summed E-state index contributed by atoms with van der Waals surface area (Å²) in [6, 6.07) is 89.1. The van der Waals surface area contributed by atoms with Crippen LogP contribution in [0.15, 0.2) is 279 Å². The SMILES string of the molecule is CC(C)(C)c1cc(-c2ccc3ccc4ccc(-c5cc(C(C)(C)C)cc(-c6ccc[nH]6)c5O)nc4c3n2)c(O)c(-c2ccc[nH]2)c1.CC(C)(C)c1cc2c3nc(c(-c4ccc(-c5ccccc5)cc4)c4ccc([nH]4)c4cc(C(C)(C)C)cc(c4O)c4ccc5ccc6ccc(nc6c5n4)c(c1)c2O)C=C3.CCC(=O)O.O=Cc1ccc(-c2ccccc2)cc1. The number of benzene rings is 10. The number of hydrogen-bond acceptors (Lipinski definition) is 11. The van der Waals surface area contributed by atoms with Crippen LogP contribution in [0, 0.1) is 0 Å². The molecule has 124 heavy (non-hydrogen) atoms. The number of carbonyl (C=O) groups is 2. The fourth-order valence-corrected chi connectivity index (χ4v) is 15.6. The van der Waals surface area contributed by atoms with Crippen molar-refractivity contribution in [3.8, 4) is 101 Å². The van der Waals surface area contributed by atoms with Crippen LogP contribution < -0.4 is 0 Å². The predicted octanol–water partition coefficient (Wildman–Crippen LogP) is 27.4. The molecule has 0 spiro atoms. The summed E-state index contributed by atoms with van der Waals surface area (Å²) in [7, 11) is 0. The Morgan fingerprint density at radius 1 is 0.347 bits per heavy atom. The molecule has 0 atom stereocenters. The molecule has 0 aliphatic carbocycles. The van der Waals surface area contributed by atoms with Crippen molar-refractivity contribution in [1.82, 2.24) is 39.9 Å². The van der Waals surface area contributed by atoms with Gasteiger partial charge in [-0.3, -0.25) is 9.59 Å². The van der Waals surface area contributed by atoms with Crippen LogP contribution in [0.4, 0.5) is 0 Å². The van der Waals surface area contributed by atoms with Gasteiger partial charge in [0.15, 0.2) is 0 Å². The van der Waals surface area contributed by atoms with E-state index in [0.717, 1.165) is 134 Å². The highest BCUT2D eigenvalue weighted by atomic mass is 16.4. The number of hydrogen-bond donors (Lipinski definition) is 8. The van der Waals surface area contributed by atoms with Gasteiger partial charge in [-0.25, -0.2) is 24.9 Å². The van der Waals surface area contributed by atoms with Gasteiger partial charge in [-0.05, 0) is 193 Å². The van der Waals surface area contributed by atoms with E-state index in [9.17, 15) is 30.0 Å². The highest BCUT2D eigenvalue weighted by Gasteiger charge is 2.27. The molecule has 9 heterocycles. The van der Waals surface area contributed by atoms with Crippen LogP contribution in [-0.2, 0) is 26.5 Å². The summed E-state index contributed by atoms with van der Waals surface area (Å²) in [4.78, 5) is 56.1. The van der Waals surface area contributed by atoms with Gasteiger partial charge in [0.2, 0.25) is 0 Å². The number of carboxylic acid groups (broad SMARTS) is 1. The minimum absolute atomic E-state index is 0.118. The zero-order valence-corrected chi connectivity index (χ0v) is 71.8. The number of fused-ring (bicyclic) bond motifs is 17. The van der Waals surface area contributed by atoms with Crippen LogP contribution >= 0.6 is 0 Å². The maximum atomic E-state index is 12.3. The lowest BCUT2D eigenvalue weighted by atomic mass is 9.83. The molecule has 19 rings (SSSR count). The first-order valence-electron chi connectivity index (χ1n) is 41.7. The lowest BCUT2D eigenvalue weighted by molar-refractivity contribution is -0.136. The maximum Gasteiger partial charge on any atom is 0.303 e. The molecule has 0 saturated carbocycles. The molecule has 616 valence electrons. The van der Waals surface area contributed by atoms with E-state index in [1.807, 2.05) is 194 Å². The molecule has 8 N–H and O–H groups in total. The van der Waals surface area contributed by atoms with Gasteiger partial charge in [-0.15, -0.1) is 0 Å². The molecule has 18 aromatic rings. The van der Waals surface area contributed by atoms with Crippen molar-refractivity contribution >= 4 is 112 Å². The third-order valence-corrected chi connectivity index (χ3v) is 23.0. The van der Waals surface area contributed by atoms with E-state index in [1.54, 1.807) is 6.92 Å². The van der Waals surface area contributed by atoms with Crippen LogP contribution in [0.1, 0.15) is 140 Å². The first-order valence-corrected chi connectivity index (χ1v) is 41.7. The third-order valence-electron chi connectivity index (χ3n) is 23.0. The van der Waals surface area contributed by atoms with Crippen molar-refractivity contribution in [2.75, 3.05) is 0 Å². The van der Waals surface area contributed by atoms with E-state index >= 15 is 0 Å². The summed E-state index contributed by atoms with van der Waals surface area (Å²) in [5.74, 6) is -0.130. The number of aromatic nitrogens is 8. The number of phenolic OH excluding ortho intramolecular Hbond substituents is 4. The third kappa shape index (κ3) is 16.9. The van der Waals surface area contributed by atoms with Crippen LogP contribution in [0.2, 0.25) is 0 Å². The van der Waals surface area contributed by atoms with Gasteiger partial charge in [0, 0.05) is 118 Å². The van der Waals surface area contributed by atoms with Gasteiger partial charge in [0.25, 0.3) is 0 Å². The first-order chi connectivity index (χ1) is 59.3. The number of carbonyl (C=O) groups excluding carboxylic acids is 1. The molecule has 0 unspecified atom stereocenters. The van der Waals surface area contributed by atoms with Gasteiger partial charge < -0.3 is 40.5 Å². The minimum Gasteiger partial charge on any atom is -0.507 e. The molecule has 0 saturated heterocycles. The summed E-state index contributed by atoms with van der Waals surface area (Å²) in [5, 5.41) is 61.8. The average Bonchev–Trinajstić information content (AvgIpc) is 1.10. The van der Waals surface area contributed by atoms with Crippen molar-refractivity contribution in [2.24, 2.45) is 0 Å². The van der Waals surface area contributed by atoms with Crippen molar-refractivity contribution in [3.63, 3.8) is 0 Å². The number of pyridine rings is 4. The molecule has 12 bridgehead atoms. The van der Waals surface area contributed by atoms with Gasteiger partial charge in [0.05, 0.1) is 55.9 Å². The largest absolute Gasteiger partial charge is 0.507 e. The zero-order valence-electron chi connectivity index (χ0n) is 71.8. The van der Waals surface area contributed by atoms with E-state index < -0.39 is 5.97 Å². The number of nitrogens with one attached hydrogen (secondary N) is 3. The monoisotopic (exact) mass is 1630 g/mol. The Morgan fingerprint density at radius 3 is 1.12 bits per heavy atom. The van der Waals surface area contributed by atoms with Gasteiger partial charge in [0.1, 0.15) is 29.3 Å². The minimum atomic E-state index is -0.745. The van der Waals surface area contributed by atoms with Crippen LogP contribution in [-0.4, -0.2) is 77.7 Å². The van der Waals surface area contributed by atoms with Crippen LogP contribution in [0.3, 0.4) is 0 Å². The second-order valence-corrected chi connectivity index (χ2v) is 35.7.